The number of quaternary nitrogens is 1. The molecule has 0 radical (unpaired) electrons. The number of carboxylic acids is 1. The van der Waals surface area contributed by atoms with E-state index in [4.69, 9.17) is 18.9 Å². The molecule has 0 aliphatic rings. The van der Waals surface area contributed by atoms with E-state index in [1.165, 1.54) is 167 Å². The molecule has 9 heteroatoms. The Morgan fingerprint density at radius 1 is 0.353 bits per heavy atom. The molecular formula is C76H129NO8. The molecule has 2 unspecified atom stereocenters. The Balaban J connectivity index is 4.01. The maximum Gasteiger partial charge on any atom is 0.306 e. The third-order valence-corrected chi connectivity index (χ3v) is 14.7. The van der Waals surface area contributed by atoms with Crippen molar-refractivity contribution in [3.8, 4) is 0 Å². The highest BCUT2D eigenvalue weighted by Gasteiger charge is 2.22. The molecule has 0 aliphatic heterocycles. The topological polar surface area (TPSA) is 111 Å². The third-order valence-electron chi connectivity index (χ3n) is 14.7. The fraction of sp³-hybridized carbons (Fsp3) is 0.697. The molecule has 0 heterocycles. The first-order chi connectivity index (χ1) is 41.6. The van der Waals surface area contributed by atoms with Crippen LogP contribution in [0.3, 0.4) is 0 Å². The fourth-order valence-electron chi connectivity index (χ4n) is 9.50. The molecule has 0 aromatic heterocycles. The second-order valence-electron chi connectivity index (χ2n) is 24.1. The van der Waals surface area contributed by atoms with Crippen LogP contribution in [0.25, 0.3) is 0 Å². The molecule has 0 fully saturated rings. The lowest BCUT2D eigenvalue weighted by Crippen LogP contribution is -2.44. The maximum atomic E-state index is 12.8. The number of esters is 2. The van der Waals surface area contributed by atoms with Gasteiger partial charge in [0.25, 0.3) is 0 Å². The minimum Gasteiger partial charge on any atom is -0.545 e. The SMILES string of the molecule is CC/C=C\C/C=C\C/C=C\C/C=C\C/C=C\C/C=C\CCC(=O)OC(COC(=O)CCCCCCCCCCCCCCCCCCCCCCCCCCCCCC/C=C\C/C=C\C/C=C\C/C=C\CC)COC(OCC[N+](C)(C)C)C(=O)[O-]. The van der Waals surface area contributed by atoms with Crippen molar-refractivity contribution in [2.24, 2.45) is 0 Å². The molecule has 0 rings (SSSR count). The largest absolute Gasteiger partial charge is 0.545 e. The first kappa shape index (κ1) is 80.7. The minimum atomic E-state index is -1.65. The first-order valence-electron chi connectivity index (χ1n) is 34.7. The second-order valence-corrected chi connectivity index (χ2v) is 24.1. The lowest BCUT2D eigenvalue weighted by molar-refractivity contribution is -0.870. The van der Waals surface area contributed by atoms with Crippen molar-refractivity contribution >= 4 is 17.9 Å². The van der Waals surface area contributed by atoms with E-state index in [1.54, 1.807) is 0 Å². The van der Waals surface area contributed by atoms with Crippen molar-refractivity contribution < 1.29 is 42.9 Å². The van der Waals surface area contributed by atoms with Crippen molar-refractivity contribution in [3.63, 3.8) is 0 Å². The number of carboxylic acid groups (broad SMARTS) is 1. The number of unbranched alkanes of at least 4 members (excludes halogenated alkanes) is 28. The average Bonchev–Trinajstić information content (AvgIpc) is 3.48. The van der Waals surface area contributed by atoms with Crippen LogP contribution in [-0.2, 0) is 33.3 Å². The van der Waals surface area contributed by atoms with Crippen molar-refractivity contribution in [1.29, 1.82) is 0 Å². The van der Waals surface area contributed by atoms with Crippen LogP contribution in [0, 0.1) is 0 Å². The Morgan fingerprint density at radius 2 is 0.659 bits per heavy atom. The van der Waals surface area contributed by atoms with Gasteiger partial charge in [0.2, 0.25) is 0 Å². The number of hydrogen-bond donors (Lipinski definition) is 0. The number of carbonyl (C=O) groups is 3. The quantitative estimate of drug-likeness (QED) is 0.0195. The van der Waals surface area contributed by atoms with Crippen LogP contribution in [0.15, 0.2) is 122 Å². The highest BCUT2D eigenvalue weighted by atomic mass is 16.7. The molecule has 0 saturated heterocycles. The summed E-state index contributed by atoms with van der Waals surface area (Å²) in [6.07, 6.45) is 90.4. The molecule has 0 saturated carbocycles. The molecule has 2 atom stereocenters. The zero-order valence-corrected chi connectivity index (χ0v) is 55.4. The van der Waals surface area contributed by atoms with Crippen molar-refractivity contribution in [1.82, 2.24) is 0 Å². The van der Waals surface area contributed by atoms with Crippen LogP contribution in [0.5, 0.6) is 0 Å². The van der Waals surface area contributed by atoms with E-state index >= 15 is 0 Å². The lowest BCUT2D eigenvalue weighted by atomic mass is 10.0. The second kappa shape index (κ2) is 65.7. The number of nitrogens with zero attached hydrogens (tertiary/aromatic N) is 1. The van der Waals surface area contributed by atoms with E-state index in [1.807, 2.05) is 33.3 Å². The van der Waals surface area contributed by atoms with Gasteiger partial charge in [0, 0.05) is 12.8 Å². The highest BCUT2D eigenvalue weighted by Crippen LogP contribution is 2.18. The molecule has 9 nitrogen and oxygen atoms in total. The maximum absolute atomic E-state index is 12.8. The Hall–Kier alpha value is -4.31. The molecular weight excluding hydrogens is 1050 g/mol. The van der Waals surface area contributed by atoms with Crippen molar-refractivity contribution in [3.05, 3.63) is 122 Å². The molecule has 0 N–H and O–H groups in total. The molecule has 0 bridgehead atoms. The minimum absolute atomic E-state index is 0.119. The van der Waals surface area contributed by atoms with Gasteiger partial charge in [-0.25, -0.2) is 0 Å². The van der Waals surface area contributed by atoms with Gasteiger partial charge in [-0.15, -0.1) is 0 Å². The van der Waals surface area contributed by atoms with Gasteiger partial charge in [0.1, 0.15) is 13.2 Å². The van der Waals surface area contributed by atoms with E-state index < -0.39 is 24.3 Å². The summed E-state index contributed by atoms with van der Waals surface area (Å²) in [6.45, 7) is 4.44. The van der Waals surface area contributed by atoms with Crippen LogP contribution >= 0.6 is 0 Å². The molecule has 0 aromatic carbocycles. The highest BCUT2D eigenvalue weighted by molar-refractivity contribution is 5.70. The Kier molecular flexibility index (Phi) is 62.3. The van der Waals surface area contributed by atoms with E-state index in [0.717, 1.165) is 83.5 Å². The van der Waals surface area contributed by atoms with E-state index in [9.17, 15) is 19.5 Å². The summed E-state index contributed by atoms with van der Waals surface area (Å²) in [5.41, 5.74) is 0. The summed E-state index contributed by atoms with van der Waals surface area (Å²) in [4.78, 5) is 37.3. The van der Waals surface area contributed by atoms with E-state index in [2.05, 4.69) is 123 Å². The number of likely N-dealkylation sites (N-methyl/N-ethyl adjacent to an activating group) is 1. The van der Waals surface area contributed by atoms with Gasteiger partial charge in [-0.05, 0) is 89.9 Å². The molecule has 0 aliphatic carbocycles. The van der Waals surface area contributed by atoms with Gasteiger partial charge in [0.15, 0.2) is 12.4 Å². The van der Waals surface area contributed by atoms with Crippen molar-refractivity contribution in [2.45, 2.75) is 296 Å². The number of allylic oxidation sites excluding steroid dienone is 20. The Labute approximate surface area is 523 Å². The number of aliphatic carboxylic acids is 1. The Bertz CT molecular complexity index is 1810. The van der Waals surface area contributed by atoms with Gasteiger partial charge in [0.05, 0.1) is 40.3 Å². The molecule has 0 spiro atoms. The summed E-state index contributed by atoms with van der Waals surface area (Å²) >= 11 is 0. The standard InChI is InChI=1S/C76H129NO8/c1-6-8-10-12-14-16-18-20-22-24-26-27-28-29-30-31-32-33-34-35-36-37-38-39-40-41-42-43-44-45-46-47-49-50-52-54-56-58-60-62-64-66-73(78)83-70-72(71-84-76(75(80)81)82-69-68-77(3,4)5)85-74(79)67-65-63-61-59-57-55-53-51-48-25-23-21-19-17-15-13-11-9-7-2/h8-11,14-17,20-23,26-27,48,51,55,57,61,63,72,76H,6-7,12-13,18-19,24-25,28-47,49-50,52-54,56,58-60,62,64-71H2,1-5H3/b10-8-,11-9-,16-14-,17-15-,22-20-,23-21-,27-26-,51-48-,57-55-,63-61-. The molecule has 486 valence electrons. The third kappa shape index (κ3) is 67.1. The summed E-state index contributed by atoms with van der Waals surface area (Å²) < 4.78 is 22.6. The predicted molar refractivity (Wildman–Crippen MR) is 361 cm³/mol. The van der Waals surface area contributed by atoms with Crippen LogP contribution < -0.4 is 5.11 Å². The number of ether oxygens (including phenoxy) is 4. The number of rotatable bonds is 63. The van der Waals surface area contributed by atoms with Gasteiger partial charge in [-0.3, -0.25) is 9.59 Å². The van der Waals surface area contributed by atoms with Gasteiger partial charge in [-0.2, -0.15) is 0 Å². The molecule has 0 aromatic rings. The van der Waals surface area contributed by atoms with Crippen LogP contribution in [0.2, 0.25) is 0 Å². The van der Waals surface area contributed by atoms with E-state index in [-0.39, 0.29) is 38.6 Å². The smallest absolute Gasteiger partial charge is 0.306 e. The average molecular weight is 1180 g/mol. The Morgan fingerprint density at radius 3 is 0.988 bits per heavy atom. The summed E-state index contributed by atoms with van der Waals surface area (Å²) in [6, 6.07) is 0. The zero-order chi connectivity index (χ0) is 61.9. The molecule has 85 heavy (non-hydrogen) atoms. The first-order valence-corrected chi connectivity index (χ1v) is 34.7. The predicted octanol–water partition coefficient (Wildman–Crippen LogP) is 20.2. The van der Waals surface area contributed by atoms with E-state index in [0.29, 0.717) is 17.4 Å². The zero-order valence-electron chi connectivity index (χ0n) is 55.4. The van der Waals surface area contributed by atoms with Crippen LogP contribution in [0.4, 0.5) is 0 Å². The van der Waals surface area contributed by atoms with Gasteiger partial charge in [-0.1, -0.05) is 302 Å². The normalized spacial score (nSPS) is 13.5. The van der Waals surface area contributed by atoms with Crippen molar-refractivity contribution in [2.75, 3.05) is 47.5 Å². The van der Waals surface area contributed by atoms with Crippen LogP contribution in [0.1, 0.15) is 284 Å². The summed E-state index contributed by atoms with van der Waals surface area (Å²) in [5.74, 6) is -2.39. The summed E-state index contributed by atoms with van der Waals surface area (Å²) in [5, 5.41) is 11.8. The fourth-order valence-corrected chi connectivity index (χ4v) is 9.50. The monoisotopic (exact) mass is 1180 g/mol. The van der Waals surface area contributed by atoms with Gasteiger partial charge < -0.3 is 33.3 Å². The van der Waals surface area contributed by atoms with Crippen LogP contribution in [-0.4, -0.2) is 82.3 Å². The number of carbonyl (C=O) groups excluding carboxylic acids is 3. The summed E-state index contributed by atoms with van der Waals surface area (Å²) in [7, 11) is 5.90. The van der Waals surface area contributed by atoms with Gasteiger partial charge >= 0.3 is 11.9 Å². The number of hydrogen-bond acceptors (Lipinski definition) is 8. The lowest BCUT2D eigenvalue weighted by Gasteiger charge is -2.26. The molecule has 0 amide bonds.